The van der Waals surface area contributed by atoms with E-state index in [2.05, 4.69) is 10.1 Å². The summed E-state index contributed by atoms with van der Waals surface area (Å²) in [6.07, 6.45) is -3.13. The van der Waals surface area contributed by atoms with E-state index in [0.29, 0.717) is 6.54 Å². The fourth-order valence-electron chi connectivity index (χ4n) is 2.27. The van der Waals surface area contributed by atoms with Gasteiger partial charge in [-0.05, 0) is 24.1 Å². The molecule has 0 bridgehead atoms. The molecule has 1 amide bonds. The van der Waals surface area contributed by atoms with Gasteiger partial charge in [-0.1, -0.05) is 25.5 Å². The Kier molecular flexibility index (Phi) is 4.72. The van der Waals surface area contributed by atoms with Crippen molar-refractivity contribution in [3.05, 3.63) is 29.8 Å². The molecule has 1 unspecified atom stereocenters. The molecule has 7 heteroatoms. The Morgan fingerprint density at radius 3 is 2.57 bits per heavy atom. The molecule has 1 aromatic rings. The Morgan fingerprint density at radius 2 is 2.00 bits per heavy atom. The number of alkyl halides is 3. The van der Waals surface area contributed by atoms with Crippen LogP contribution in [0.1, 0.15) is 31.5 Å². The predicted molar refractivity (Wildman–Crippen MR) is 70.5 cm³/mol. The van der Waals surface area contributed by atoms with Crippen molar-refractivity contribution in [3.63, 3.8) is 0 Å². The van der Waals surface area contributed by atoms with Crippen molar-refractivity contribution in [2.75, 3.05) is 13.1 Å². The van der Waals surface area contributed by atoms with Gasteiger partial charge in [0, 0.05) is 6.54 Å². The zero-order valence-electron chi connectivity index (χ0n) is 11.6. The van der Waals surface area contributed by atoms with E-state index >= 15 is 0 Å². The minimum absolute atomic E-state index is 0.00377. The van der Waals surface area contributed by atoms with E-state index in [-0.39, 0.29) is 24.4 Å². The van der Waals surface area contributed by atoms with Crippen LogP contribution >= 0.6 is 0 Å². The van der Waals surface area contributed by atoms with Crippen LogP contribution in [-0.2, 0) is 4.79 Å². The maximum Gasteiger partial charge on any atom is 0.573 e. The zero-order valence-corrected chi connectivity index (χ0v) is 11.6. The summed E-state index contributed by atoms with van der Waals surface area (Å²) in [5, 5.41) is 3.06. The first kappa shape index (κ1) is 15.6. The van der Waals surface area contributed by atoms with E-state index in [9.17, 15) is 18.0 Å². The molecule has 1 aliphatic heterocycles. The Labute approximate surface area is 120 Å². The summed E-state index contributed by atoms with van der Waals surface area (Å²) in [7, 11) is 0. The summed E-state index contributed by atoms with van der Waals surface area (Å²) >= 11 is 0. The molecule has 0 aliphatic carbocycles. The SMILES string of the molecule is CCCCN1C(=O)CNC1c1ccc(OC(F)(F)F)cc1. The lowest BCUT2D eigenvalue weighted by Crippen LogP contribution is -2.31. The number of hydrogen-bond donors (Lipinski definition) is 1. The average molecular weight is 302 g/mol. The highest BCUT2D eigenvalue weighted by atomic mass is 19.4. The summed E-state index contributed by atoms with van der Waals surface area (Å²) in [5.74, 6) is -0.264. The first-order valence-corrected chi connectivity index (χ1v) is 6.79. The molecule has 0 aromatic heterocycles. The largest absolute Gasteiger partial charge is 0.573 e. The molecule has 1 aliphatic rings. The van der Waals surface area contributed by atoms with E-state index in [1.165, 1.54) is 24.3 Å². The molecule has 1 N–H and O–H groups in total. The topological polar surface area (TPSA) is 41.6 Å². The second-order valence-corrected chi connectivity index (χ2v) is 4.84. The molecule has 1 saturated heterocycles. The number of nitrogens with zero attached hydrogens (tertiary/aromatic N) is 1. The summed E-state index contributed by atoms with van der Waals surface area (Å²) in [4.78, 5) is 13.5. The molecular formula is C14H17F3N2O2. The fourth-order valence-corrected chi connectivity index (χ4v) is 2.27. The smallest absolute Gasteiger partial charge is 0.406 e. The second-order valence-electron chi connectivity index (χ2n) is 4.84. The summed E-state index contributed by atoms with van der Waals surface area (Å²) < 4.78 is 40.2. The number of nitrogens with one attached hydrogen (secondary N) is 1. The lowest BCUT2D eigenvalue weighted by Gasteiger charge is -2.24. The third kappa shape index (κ3) is 4.10. The second kappa shape index (κ2) is 6.34. The minimum atomic E-state index is -4.70. The number of benzene rings is 1. The number of halogens is 3. The number of amides is 1. The molecule has 1 heterocycles. The number of hydrogen-bond acceptors (Lipinski definition) is 3. The Hall–Kier alpha value is -1.76. The van der Waals surface area contributed by atoms with Crippen LogP contribution in [0.5, 0.6) is 5.75 Å². The van der Waals surface area contributed by atoms with Gasteiger partial charge < -0.3 is 9.64 Å². The number of carbonyl (C=O) groups is 1. The van der Waals surface area contributed by atoms with Crippen LogP contribution in [0.3, 0.4) is 0 Å². The number of carbonyl (C=O) groups excluding carboxylic acids is 1. The molecule has 21 heavy (non-hydrogen) atoms. The third-order valence-corrected chi connectivity index (χ3v) is 3.26. The van der Waals surface area contributed by atoms with Gasteiger partial charge in [-0.2, -0.15) is 0 Å². The molecule has 0 spiro atoms. The molecule has 4 nitrogen and oxygen atoms in total. The van der Waals surface area contributed by atoms with Crippen molar-refractivity contribution in [2.24, 2.45) is 0 Å². The Balaban J connectivity index is 2.08. The standard InChI is InChI=1S/C14H17F3N2O2/c1-2-3-8-19-12(20)9-18-13(19)10-4-6-11(7-5-10)21-14(15,16)17/h4-7,13,18H,2-3,8-9H2,1H3. The predicted octanol–water partition coefficient (Wildman–Crippen LogP) is 2.82. The maximum absolute atomic E-state index is 12.1. The normalized spacial score (nSPS) is 19.1. The molecular weight excluding hydrogens is 285 g/mol. The third-order valence-electron chi connectivity index (χ3n) is 3.26. The highest BCUT2D eigenvalue weighted by molar-refractivity contribution is 5.80. The van der Waals surface area contributed by atoms with Crippen molar-refractivity contribution in [2.45, 2.75) is 32.3 Å². The number of unbranched alkanes of at least 4 members (excludes halogenated alkanes) is 1. The molecule has 0 radical (unpaired) electrons. The van der Waals surface area contributed by atoms with Gasteiger partial charge in [0.25, 0.3) is 0 Å². The Morgan fingerprint density at radius 1 is 1.33 bits per heavy atom. The van der Waals surface area contributed by atoms with Gasteiger partial charge in [0.1, 0.15) is 11.9 Å². The lowest BCUT2D eigenvalue weighted by atomic mass is 10.1. The van der Waals surface area contributed by atoms with E-state index in [0.717, 1.165) is 18.4 Å². The molecule has 1 aromatic carbocycles. The van der Waals surface area contributed by atoms with Gasteiger partial charge in [-0.3, -0.25) is 10.1 Å². The lowest BCUT2D eigenvalue weighted by molar-refractivity contribution is -0.274. The monoisotopic (exact) mass is 302 g/mol. The molecule has 2 rings (SSSR count). The highest BCUT2D eigenvalue weighted by Crippen LogP contribution is 2.27. The van der Waals surface area contributed by atoms with Crippen LogP contribution in [-0.4, -0.2) is 30.3 Å². The van der Waals surface area contributed by atoms with Crippen molar-refractivity contribution >= 4 is 5.91 Å². The van der Waals surface area contributed by atoms with E-state index in [1.807, 2.05) is 6.92 Å². The first-order chi connectivity index (χ1) is 9.90. The van der Waals surface area contributed by atoms with Crippen molar-refractivity contribution in [1.29, 1.82) is 0 Å². The zero-order chi connectivity index (χ0) is 15.5. The summed E-state index contributed by atoms with van der Waals surface area (Å²) in [5.41, 5.74) is 0.742. The summed E-state index contributed by atoms with van der Waals surface area (Å²) in [6, 6.07) is 5.59. The van der Waals surface area contributed by atoms with Gasteiger partial charge in [0.15, 0.2) is 0 Å². The quantitative estimate of drug-likeness (QED) is 0.909. The minimum Gasteiger partial charge on any atom is -0.406 e. The van der Waals surface area contributed by atoms with Crippen LogP contribution in [0.25, 0.3) is 0 Å². The van der Waals surface area contributed by atoms with Crippen LogP contribution in [0.15, 0.2) is 24.3 Å². The van der Waals surface area contributed by atoms with Crippen LogP contribution < -0.4 is 10.1 Å². The van der Waals surface area contributed by atoms with Crippen molar-refractivity contribution < 1.29 is 22.7 Å². The van der Waals surface area contributed by atoms with Crippen molar-refractivity contribution in [3.8, 4) is 5.75 Å². The van der Waals surface area contributed by atoms with E-state index < -0.39 is 6.36 Å². The summed E-state index contributed by atoms with van der Waals surface area (Å²) in [6.45, 7) is 2.91. The van der Waals surface area contributed by atoms with Crippen molar-refractivity contribution in [1.82, 2.24) is 10.2 Å². The van der Waals surface area contributed by atoms with Gasteiger partial charge in [-0.25, -0.2) is 0 Å². The van der Waals surface area contributed by atoms with E-state index in [1.54, 1.807) is 4.90 Å². The maximum atomic E-state index is 12.1. The molecule has 1 fully saturated rings. The highest BCUT2D eigenvalue weighted by Gasteiger charge is 2.32. The van der Waals surface area contributed by atoms with Crippen LogP contribution in [0.2, 0.25) is 0 Å². The van der Waals surface area contributed by atoms with E-state index in [4.69, 9.17) is 0 Å². The molecule has 0 saturated carbocycles. The van der Waals surface area contributed by atoms with Crippen LogP contribution in [0.4, 0.5) is 13.2 Å². The number of rotatable bonds is 5. The van der Waals surface area contributed by atoms with Gasteiger partial charge in [-0.15, -0.1) is 13.2 Å². The van der Waals surface area contributed by atoms with Gasteiger partial charge in [0.05, 0.1) is 6.54 Å². The van der Waals surface area contributed by atoms with Gasteiger partial charge in [0.2, 0.25) is 5.91 Å². The molecule has 116 valence electrons. The molecule has 1 atom stereocenters. The Bertz CT molecular complexity index is 488. The van der Waals surface area contributed by atoms with Crippen LogP contribution in [0, 0.1) is 0 Å². The first-order valence-electron chi connectivity index (χ1n) is 6.79. The average Bonchev–Trinajstić information content (AvgIpc) is 2.77. The van der Waals surface area contributed by atoms with Gasteiger partial charge >= 0.3 is 6.36 Å². The number of ether oxygens (including phenoxy) is 1. The fraction of sp³-hybridized carbons (Fsp3) is 0.500.